The Bertz CT molecular complexity index is 322. The lowest BCUT2D eigenvalue weighted by atomic mass is 10.1. The summed E-state index contributed by atoms with van der Waals surface area (Å²) in [6, 6.07) is 8.17. The number of hydrogen-bond acceptors (Lipinski definition) is 2. The molecule has 1 rings (SSSR count). The van der Waals surface area contributed by atoms with Gasteiger partial charge in [0.05, 0.1) is 0 Å². The summed E-state index contributed by atoms with van der Waals surface area (Å²) in [4.78, 5) is 2.42. The van der Waals surface area contributed by atoms with Gasteiger partial charge in [-0.15, -0.1) is 0 Å². The van der Waals surface area contributed by atoms with E-state index in [1.807, 2.05) is 12.1 Å². The van der Waals surface area contributed by atoms with E-state index in [9.17, 15) is 0 Å². The maximum Gasteiger partial charge on any atom is 0.0346 e. The minimum atomic E-state index is 0.793. The van der Waals surface area contributed by atoms with Gasteiger partial charge in [0.2, 0.25) is 0 Å². The summed E-state index contributed by atoms with van der Waals surface area (Å²) >= 11 is 0. The molecule has 1 unspecified atom stereocenters. The summed E-state index contributed by atoms with van der Waals surface area (Å²) in [6.07, 6.45) is 3.52. The normalized spacial score (nSPS) is 12.9. The molecule has 2 nitrogen and oxygen atoms in total. The molecule has 2 heteroatoms. The summed E-state index contributed by atoms with van der Waals surface area (Å²) in [7, 11) is 2.21. The summed E-state index contributed by atoms with van der Waals surface area (Å²) in [5, 5.41) is 0. The molecule has 1 aromatic rings. The number of rotatable bonds is 7. The Balaban J connectivity index is 2.26. The van der Waals surface area contributed by atoms with Crippen molar-refractivity contribution in [1.82, 2.24) is 4.90 Å². The highest BCUT2D eigenvalue weighted by Gasteiger charge is 2.04. The molecule has 0 aliphatic heterocycles. The molecule has 0 spiro atoms. The second-order valence-electron chi connectivity index (χ2n) is 5.08. The summed E-state index contributed by atoms with van der Waals surface area (Å²) in [5.74, 6) is 0.793. The maximum atomic E-state index is 5.93. The van der Waals surface area contributed by atoms with Gasteiger partial charge in [0.1, 0.15) is 0 Å². The van der Waals surface area contributed by atoms with E-state index in [1.165, 1.54) is 24.9 Å². The molecular formula is C15H26N2. The van der Waals surface area contributed by atoms with Crippen LogP contribution in [0.3, 0.4) is 0 Å². The molecule has 2 N–H and O–H groups in total. The molecular weight excluding hydrogens is 208 g/mol. The van der Waals surface area contributed by atoms with Crippen LogP contribution in [0.5, 0.6) is 0 Å². The molecule has 0 radical (unpaired) electrons. The van der Waals surface area contributed by atoms with Crippen molar-refractivity contribution in [1.29, 1.82) is 0 Å². The minimum absolute atomic E-state index is 0.793. The first-order chi connectivity index (χ1) is 8.13. The summed E-state index contributed by atoms with van der Waals surface area (Å²) < 4.78 is 0. The van der Waals surface area contributed by atoms with E-state index >= 15 is 0 Å². The van der Waals surface area contributed by atoms with Gasteiger partial charge in [-0.2, -0.15) is 0 Å². The number of para-hydroxylation sites is 1. The van der Waals surface area contributed by atoms with Crippen LogP contribution >= 0.6 is 0 Å². The van der Waals surface area contributed by atoms with Crippen molar-refractivity contribution < 1.29 is 0 Å². The fraction of sp³-hybridized carbons (Fsp3) is 0.600. The monoisotopic (exact) mass is 234 g/mol. The number of hydrogen-bond donors (Lipinski definition) is 1. The first-order valence-electron chi connectivity index (χ1n) is 6.65. The van der Waals surface area contributed by atoms with E-state index in [0.717, 1.165) is 24.6 Å². The third kappa shape index (κ3) is 5.22. The second-order valence-corrected chi connectivity index (χ2v) is 5.08. The van der Waals surface area contributed by atoms with Crippen LogP contribution in [0.2, 0.25) is 0 Å². The number of nitrogens with zero attached hydrogens (tertiary/aromatic N) is 1. The van der Waals surface area contributed by atoms with Crippen molar-refractivity contribution >= 4 is 5.69 Å². The lowest BCUT2D eigenvalue weighted by Crippen LogP contribution is -2.25. The van der Waals surface area contributed by atoms with E-state index in [2.05, 4.69) is 37.9 Å². The van der Waals surface area contributed by atoms with Crippen LogP contribution in [0.25, 0.3) is 0 Å². The first-order valence-corrected chi connectivity index (χ1v) is 6.65. The van der Waals surface area contributed by atoms with Gasteiger partial charge in [0, 0.05) is 12.2 Å². The van der Waals surface area contributed by atoms with Crippen molar-refractivity contribution in [2.24, 2.45) is 5.92 Å². The van der Waals surface area contributed by atoms with E-state index < -0.39 is 0 Å². The molecule has 0 aliphatic rings. The number of aryl methyl sites for hydroxylation is 1. The molecule has 96 valence electrons. The second kappa shape index (κ2) is 7.33. The molecule has 0 amide bonds. The predicted octanol–water partition coefficient (Wildman–Crippen LogP) is 3.18. The van der Waals surface area contributed by atoms with E-state index in [-0.39, 0.29) is 0 Å². The van der Waals surface area contributed by atoms with Crippen molar-refractivity contribution in [3.63, 3.8) is 0 Å². The topological polar surface area (TPSA) is 29.3 Å². The minimum Gasteiger partial charge on any atom is -0.399 e. The van der Waals surface area contributed by atoms with Crippen molar-refractivity contribution in [3.05, 3.63) is 29.8 Å². The molecule has 0 heterocycles. The van der Waals surface area contributed by atoms with Crippen LogP contribution in [-0.2, 0) is 6.42 Å². The van der Waals surface area contributed by atoms with E-state index in [0.29, 0.717) is 0 Å². The molecule has 0 aromatic heterocycles. The van der Waals surface area contributed by atoms with Crippen molar-refractivity contribution in [2.45, 2.75) is 33.1 Å². The average Bonchev–Trinajstić information content (AvgIpc) is 2.31. The van der Waals surface area contributed by atoms with E-state index in [1.54, 1.807) is 0 Å². The molecule has 0 bridgehead atoms. The molecule has 1 aromatic carbocycles. The van der Waals surface area contributed by atoms with Gasteiger partial charge in [0.25, 0.3) is 0 Å². The number of nitrogen functional groups attached to an aromatic ring is 1. The average molecular weight is 234 g/mol. The quantitative estimate of drug-likeness (QED) is 0.734. The van der Waals surface area contributed by atoms with Gasteiger partial charge in [-0.05, 0) is 44.0 Å². The Kier molecular flexibility index (Phi) is 6.06. The zero-order valence-corrected chi connectivity index (χ0v) is 11.4. The third-order valence-electron chi connectivity index (χ3n) is 3.36. The van der Waals surface area contributed by atoms with Gasteiger partial charge in [-0.3, -0.25) is 0 Å². The van der Waals surface area contributed by atoms with Gasteiger partial charge in [0.15, 0.2) is 0 Å². The number of benzene rings is 1. The van der Waals surface area contributed by atoms with Crippen LogP contribution in [0, 0.1) is 5.92 Å². The standard InChI is InChI=1S/C15H26N2/c1-4-13(2)12-17(3)11-7-9-14-8-5-6-10-15(14)16/h5-6,8,10,13H,4,7,9,11-12,16H2,1-3H3. The predicted molar refractivity (Wildman–Crippen MR) is 76.1 cm³/mol. The molecule has 17 heavy (non-hydrogen) atoms. The lowest BCUT2D eigenvalue weighted by Gasteiger charge is -2.20. The van der Waals surface area contributed by atoms with E-state index in [4.69, 9.17) is 5.73 Å². The van der Waals surface area contributed by atoms with Crippen LogP contribution in [0.1, 0.15) is 32.3 Å². The Morgan fingerprint density at radius 2 is 2.00 bits per heavy atom. The third-order valence-corrected chi connectivity index (χ3v) is 3.36. The fourth-order valence-electron chi connectivity index (χ4n) is 2.05. The van der Waals surface area contributed by atoms with Gasteiger partial charge in [-0.1, -0.05) is 38.5 Å². The Hall–Kier alpha value is -1.02. The molecule has 0 aliphatic carbocycles. The number of anilines is 1. The Labute approximate surface area is 106 Å². The Morgan fingerprint density at radius 3 is 2.65 bits per heavy atom. The zero-order valence-electron chi connectivity index (χ0n) is 11.4. The fourth-order valence-corrected chi connectivity index (χ4v) is 2.05. The highest BCUT2D eigenvalue weighted by molar-refractivity contribution is 5.46. The van der Waals surface area contributed by atoms with Crippen LogP contribution < -0.4 is 5.73 Å². The first kappa shape index (κ1) is 14.0. The molecule has 1 atom stereocenters. The van der Waals surface area contributed by atoms with Crippen LogP contribution in [-0.4, -0.2) is 25.0 Å². The molecule has 0 saturated heterocycles. The van der Waals surface area contributed by atoms with Crippen molar-refractivity contribution in [2.75, 3.05) is 25.9 Å². The highest BCUT2D eigenvalue weighted by atomic mass is 15.1. The van der Waals surface area contributed by atoms with Gasteiger partial charge < -0.3 is 10.6 Å². The van der Waals surface area contributed by atoms with Crippen LogP contribution in [0.4, 0.5) is 5.69 Å². The highest BCUT2D eigenvalue weighted by Crippen LogP contribution is 2.13. The van der Waals surface area contributed by atoms with Gasteiger partial charge >= 0.3 is 0 Å². The SMILES string of the molecule is CCC(C)CN(C)CCCc1ccccc1N. The molecule has 0 saturated carbocycles. The Morgan fingerprint density at radius 1 is 1.29 bits per heavy atom. The maximum absolute atomic E-state index is 5.93. The largest absolute Gasteiger partial charge is 0.399 e. The molecule has 0 fully saturated rings. The van der Waals surface area contributed by atoms with Crippen molar-refractivity contribution in [3.8, 4) is 0 Å². The zero-order chi connectivity index (χ0) is 12.7. The smallest absolute Gasteiger partial charge is 0.0346 e. The van der Waals surface area contributed by atoms with Gasteiger partial charge in [-0.25, -0.2) is 0 Å². The summed E-state index contributed by atoms with van der Waals surface area (Å²) in [6.45, 7) is 6.91. The number of nitrogens with two attached hydrogens (primary N) is 1. The lowest BCUT2D eigenvalue weighted by molar-refractivity contribution is 0.279. The summed E-state index contributed by atoms with van der Waals surface area (Å²) in [5.41, 5.74) is 8.14. The van der Waals surface area contributed by atoms with Crippen LogP contribution in [0.15, 0.2) is 24.3 Å².